The van der Waals surface area contributed by atoms with E-state index in [0.29, 0.717) is 0 Å². The molecule has 3 heteroatoms. The van der Waals surface area contributed by atoms with Gasteiger partial charge >= 0.3 is 5.43 Å². The van der Waals surface area contributed by atoms with Crippen molar-refractivity contribution in [3.63, 3.8) is 0 Å². The fraction of sp³-hybridized carbons (Fsp3) is 0.625. The van der Waals surface area contributed by atoms with Crippen LogP contribution in [0.15, 0.2) is 12.2 Å². The molecule has 0 saturated carbocycles. The molecule has 2 nitrogen and oxygen atoms in total. The average Bonchev–Trinajstić information content (AvgIpc) is 1.86. The average molecular weight is 177 g/mol. The van der Waals surface area contributed by atoms with Crippen molar-refractivity contribution >= 4 is 17.0 Å². The first-order valence-electron chi connectivity index (χ1n) is 3.64. The fourth-order valence-corrected chi connectivity index (χ4v) is 0.867. The van der Waals surface area contributed by atoms with Crippen LogP contribution in [0.4, 0.5) is 4.79 Å². The molecular weight excluding hydrogens is 164 g/mol. The predicted octanol–water partition coefficient (Wildman–Crippen LogP) is 3.11. The second-order valence-electron chi connectivity index (χ2n) is 2.31. The number of hydrogen-bond donors (Lipinski definition) is 0. The largest absolute Gasteiger partial charge is 0.451 e. The van der Waals surface area contributed by atoms with Gasteiger partial charge in [-0.15, -0.1) is 0 Å². The second kappa shape index (κ2) is 6.23. The predicted molar refractivity (Wildman–Crippen MR) is 45.8 cm³/mol. The van der Waals surface area contributed by atoms with Crippen molar-refractivity contribution in [2.24, 2.45) is 0 Å². The lowest BCUT2D eigenvalue weighted by atomic mass is 10.2. The highest BCUT2D eigenvalue weighted by molar-refractivity contribution is 6.61. The Morgan fingerprint density at radius 1 is 1.73 bits per heavy atom. The first kappa shape index (κ1) is 10.5. The summed E-state index contributed by atoms with van der Waals surface area (Å²) in [6.07, 6.45) is 5.65. The highest BCUT2D eigenvalue weighted by Crippen LogP contribution is 2.04. The molecule has 0 bridgehead atoms. The van der Waals surface area contributed by atoms with Gasteiger partial charge in [0.1, 0.15) is 6.10 Å². The normalized spacial score (nSPS) is 13.4. The molecule has 0 heterocycles. The van der Waals surface area contributed by atoms with E-state index in [1.165, 1.54) is 0 Å². The lowest BCUT2D eigenvalue weighted by molar-refractivity contribution is 0.127. The van der Waals surface area contributed by atoms with Crippen molar-refractivity contribution in [1.29, 1.82) is 0 Å². The van der Waals surface area contributed by atoms with E-state index in [1.807, 2.05) is 26.0 Å². The van der Waals surface area contributed by atoms with E-state index in [2.05, 4.69) is 4.74 Å². The number of hydrogen-bond acceptors (Lipinski definition) is 2. The molecule has 0 saturated heterocycles. The Morgan fingerprint density at radius 3 is 2.82 bits per heavy atom. The van der Waals surface area contributed by atoms with Gasteiger partial charge in [-0.05, 0) is 26.7 Å². The van der Waals surface area contributed by atoms with Crippen LogP contribution in [0.5, 0.6) is 0 Å². The lowest BCUT2D eigenvalue weighted by Crippen LogP contribution is -2.08. The summed E-state index contributed by atoms with van der Waals surface area (Å²) in [5.41, 5.74) is -0.724. The van der Waals surface area contributed by atoms with Gasteiger partial charge in [0.15, 0.2) is 0 Å². The zero-order chi connectivity index (χ0) is 8.69. The minimum atomic E-state index is -0.724. The zero-order valence-electron chi connectivity index (χ0n) is 6.84. The lowest BCUT2D eigenvalue weighted by Gasteiger charge is -2.07. The van der Waals surface area contributed by atoms with Gasteiger partial charge in [0, 0.05) is 11.6 Å². The van der Waals surface area contributed by atoms with Gasteiger partial charge in [0.2, 0.25) is 0 Å². The summed E-state index contributed by atoms with van der Waals surface area (Å²) in [5, 5.41) is 0. The number of rotatable bonds is 4. The summed E-state index contributed by atoms with van der Waals surface area (Å²) in [6.45, 7) is 3.78. The highest BCUT2D eigenvalue weighted by atomic mass is 35.5. The Bertz CT molecular complexity index is 143. The van der Waals surface area contributed by atoms with Gasteiger partial charge in [-0.1, -0.05) is 12.2 Å². The van der Waals surface area contributed by atoms with Crippen molar-refractivity contribution < 1.29 is 9.53 Å². The minimum Gasteiger partial charge on any atom is -0.451 e. The third-order valence-electron chi connectivity index (χ3n) is 1.27. The number of ether oxygens (including phenoxy) is 1. The Morgan fingerprint density at radius 2 is 2.36 bits per heavy atom. The molecule has 11 heavy (non-hydrogen) atoms. The summed E-state index contributed by atoms with van der Waals surface area (Å²) < 4.78 is 4.69. The number of carbonyl (C=O) groups excluding carboxylic acids is 1. The van der Waals surface area contributed by atoms with Crippen LogP contribution in [0.3, 0.4) is 0 Å². The molecule has 0 spiro atoms. The van der Waals surface area contributed by atoms with Crippen LogP contribution in [-0.4, -0.2) is 11.5 Å². The van der Waals surface area contributed by atoms with Crippen molar-refractivity contribution in [2.75, 3.05) is 0 Å². The van der Waals surface area contributed by atoms with Crippen LogP contribution in [-0.2, 0) is 4.74 Å². The minimum absolute atomic E-state index is 0.0869. The van der Waals surface area contributed by atoms with Crippen LogP contribution in [0.2, 0.25) is 0 Å². The molecule has 0 fully saturated rings. The van der Waals surface area contributed by atoms with E-state index in [1.54, 1.807) is 0 Å². The van der Waals surface area contributed by atoms with Crippen LogP contribution in [0.1, 0.15) is 26.7 Å². The molecule has 0 rings (SSSR count). The Balaban J connectivity index is 3.36. The van der Waals surface area contributed by atoms with E-state index in [0.717, 1.165) is 12.8 Å². The van der Waals surface area contributed by atoms with E-state index < -0.39 is 5.43 Å². The fourth-order valence-electron chi connectivity index (χ4n) is 0.715. The van der Waals surface area contributed by atoms with Gasteiger partial charge in [-0.3, -0.25) is 0 Å². The van der Waals surface area contributed by atoms with E-state index >= 15 is 0 Å². The molecule has 0 aliphatic rings. The molecule has 0 radical (unpaired) electrons. The molecule has 0 aromatic carbocycles. The van der Waals surface area contributed by atoms with E-state index in [4.69, 9.17) is 11.6 Å². The Kier molecular flexibility index (Phi) is 5.94. The van der Waals surface area contributed by atoms with Crippen LogP contribution >= 0.6 is 11.6 Å². The first-order valence-corrected chi connectivity index (χ1v) is 4.02. The number of carbonyl (C=O) groups is 1. The van der Waals surface area contributed by atoms with Crippen LogP contribution < -0.4 is 0 Å². The van der Waals surface area contributed by atoms with E-state index in [-0.39, 0.29) is 6.10 Å². The maximum atomic E-state index is 10.2. The van der Waals surface area contributed by atoms with Crippen LogP contribution in [0.25, 0.3) is 0 Å². The van der Waals surface area contributed by atoms with Gasteiger partial charge in [0.05, 0.1) is 0 Å². The molecule has 0 aromatic heterocycles. The van der Waals surface area contributed by atoms with Gasteiger partial charge < -0.3 is 4.74 Å². The van der Waals surface area contributed by atoms with Crippen molar-refractivity contribution in [3.8, 4) is 0 Å². The molecule has 0 amide bonds. The Labute approximate surface area is 72.2 Å². The van der Waals surface area contributed by atoms with Crippen LogP contribution in [0, 0.1) is 0 Å². The van der Waals surface area contributed by atoms with Gasteiger partial charge in [-0.2, -0.15) is 0 Å². The highest BCUT2D eigenvalue weighted by Gasteiger charge is 2.04. The summed E-state index contributed by atoms with van der Waals surface area (Å²) >= 11 is 5.01. The van der Waals surface area contributed by atoms with Crippen molar-refractivity contribution in [2.45, 2.75) is 32.8 Å². The summed E-state index contributed by atoms with van der Waals surface area (Å²) in [5.74, 6) is 0. The maximum absolute atomic E-state index is 10.2. The van der Waals surface area contributed by atoms with Gasteiger partial charge in [0.25, 0.3) is 0 Å². The standard InChI is InChI=1S/C8H13ClO2/c1-3-4-5-6-7(2)11-8(9)10/h3-4,7H,5-6H2,1-2H3. The molecule has 1 unspecified atom stereocenters. The SMILES string of the molecule is CC=CCCC(C)OC(=O)Cl. The summed E-state index contributed by atoms with van der Waals surface area (Å²) in [7, 11) is 0. The summed E-state index contributed by atoms with van der Waals surface area (Å²) in [4.78, 5) is 10.2. The molecule has 64 valence electrons. The number of halogens is 1. The van der Waals surface area contributed by atoms with E-state index in [9.17, 15) is 4.79 Å². The number of allylic oxidation sites excluding steroid dienone is 2. The topological polar surface area (TPSA) is 26.3 Å². The van der Waals surface area contributed by atoms with Crippen molar-refractivity contribution in [1.82, 2.24) is 0 Å². The molecule has 1 atom stereocenters. The zero-order valence-corrected chi connectivity index (χ0v) is 7.60. The maximum Gasteiger partial charge on any atom is 0.404 e. The molecular formula is C8H13ClO2. The smallest absolute Gasteiger partial charge is 0.404 e. The van der Waals surface area contributed by atoms with Gasteiger partial charge in [-0.25, -0.2) is 4.79 Å². The molecule has 0 aromatic rings. The second-order valence-corrected chi connectivity index (χ2v) is 2.62. The first-order chi connectivity index (χ1) is 5.16. The molecule has 0 N–H and O–H groups in total. The third-order valence-corrected chi connectivity index (χ3v) is 1.36. The third kappa shape index (κ3) is 7.40. The van der Waals surface area contributed by atoms with Crippen molar-refractivity contribution in [3.05, 3.63) is 12.2 Å². The molecule has 0 aliphatic carbocycles. The summed E-state index contributed by atoms with van der Waals surface area (Å²) in [6, 6.07) is 0. The quantitative estimate of drug-likeness (QED) is 0.486. The Hall–Kier alpha value is -0.500. The molecule has 0 aliphatic heterocycles. The monoisotopic (exact) mass is 176 g/mol.